The Morgan fingerprint density at radius 1 is 1.27 bits per heavy atom. The van der Waals surface area contributed by atoms with E-state index in [1.807, 2.05) is 24.4 Å². The molecular formula is C16H18N2O3S. The van der Waals surface area contributed by atoms with Crippen LogP contribution in [-0.4, -0.2) is 23.5 Å². The zero-order valence-corrected chi connectivity index (χ0v) is 13.1. The van der Waals surface area contributed by atoms with Gasteiger partial charge in [0, 0.05) is 13.0 Å². The zero-order valence-electron chi connectivity index (χ0n) is 12.3. The van der Waals surface area contributed by atoms with E-state index in [-0.39, 0.29) is 24.0 Å². The van der Waals surface area contributed by atoms with Gasteiger partial charge in [0.1, 0.15) is 5.75 Å². The summed E-state index contributed by atoms with van der Waals surface area (Å²) in [6, 6.07) is 8.66. The molecule has 0 saturated carbocycles. The number of amides is 2. The first-order valence-corrected chi connectivity index (χ1v) is 7.85. The van der Waals surface area contributed by atoms with Crippen molar-refractivity contribution in [2.24, 2.45) is 0 Å². The highest BCUT2D eigenvalue weighted by Gasteiger charge is 2.08. The standard InChI is InChI=1S/C16H18N2O3S/c1-11-6-7-12(13(19)10-11)18-15(20)5-2-8-17-16(21)14-4-3-9-22-14/h3-4,6-7,9-10,19H,2,5,8H2,1H3,(H,17,21)(H,18,20). The Morgan fingerprint density at radius 2 is 2.09 bits per heavy atom. The zero-order chi connectivity index (χ0) is 15.9. The van der Waals surface area contributed by atoms with E-state index < -0.39 is 0 Å². The van der Waals surface area contributed by atoms with Gasteiger partial charge in [-0.15, -0.1) is 11.3 Å². The van der Waals surface area contributed by atoms with Gasteiger partial charge in [0.15, 0.2) is 0 Å². The van der Waals surface area contributed by atoms with Crippen LogP contribution < -0.4 is 10.6 Å². The van der Waals surface area contributed by atoms with Crippen molar-refractivity contribution >= 4 is 28.8 Å². The number of rotatable bonds is 6. The lowest BCUT2D eigenvalue weighted by atomic mass is 10.2. The number of anilines is 1. The van der Waals surface area contributed by atoms with Crippen LogP contribution in [0, 0.1) is 6.92 Å². The minimum Gasteiger partial charge on any atom is -0.506 e. The highest BCUT2D eigenvalue weighted by atomic mass is 32.1. The first kappa shape index (κ1) is 16.0. The minimum atomic E-state index is -0.190. The Balaban J connectivity index is 1.71. The average Bonchev–Trinajstić information content (AvgIpc) is 3.01. The fourth-order valence-corrected chi connectivity index (χ4v) is 2.55. The number of carbonyl (C=O) groups is 2. The van der Waals surface area contributed by atoms with Crippen molar-refractivity contribution in [1.29, 1.82) is 0 Å². The number of benzene rings is 1. The molecule has 0 aliphatic rings. The maximum atomic E-state index is 11.8. The fourth-order valence-electron chi connectivity index (χ4n) is 1.91. The second kappa shape index (κ2) is 7.61. The summed E-state index contributed by atoms with van der Waals surface area (Å²) >= 11 is 1.38. The second-order valence-corrected chi connectivity index (χ2v) is 5.85. The molecule has 0 saturated heterocycles. The van der Waals surface area contributed by atoms with Gasteiger partial charge in [0.2, 0.25) is 5.91 Å². The molecule has 0 bridgehead atoms. The molecule has 2 amide bonds. The van der Waals surface area contributed by atoms with Crippen molar-refractivity contribution in [3.8, 4) is 5.75 Å². The van der Waals surface area contributed by atoms with Crippen LogP contribution in [0.4, 0.5) is 5.69 Å². The van der Waals surface area contributed by atoms with E-state index in [4.69, 9.17) is 0 Å². The van der Waals surface area contributed by atoms with E-state index in [0.717, 1.165) is 5.56 Å². The van der Waals surface area contributed by atoms with Gasteiger partial charge in [-0.2, -0.15) is 0 Å². The Morgan fingerprint density at radius 3 is 2.77 bits per heavy atom. The van der Waals surface area contributed by atoms with Gasteiger partial charge in [-0.1, -0.05) is 12.1 Å². The summed E-state index contributed by atoms with van der Waals surface area (Å²) in [5.41, 5.74) is 1.32. The molecule has 0 atom stereocenters. The quantitative estimate of drug-likeness (QED) is 0.566. The molecule has 2 aromatic rings. The number of nitrogens with one attached hydrogen (secondary N) is 2. The fraction of sp³-hybridized carbons (Fsp3) is 0.250. The summed E-state index contributed by atoms with van der Waals surface area (Å²) in [4.78, 5) is 24.1. The van der Waals surface area contributed by atoms with Crippen molar-refractivity contribution in [3.63, 3.8) is 0 Å². The van der Waals surface area contributed by atoms with Crippen molar-refractivity contribution in [2.75, 3.05) is 11.9 Å². The second-order valence-electron chi connectivity index (χ2n) is 4.91. The number of aromatic hydroxyl groups is 1. The van der Waals surface area contributed by atoms with E-state index in [1.54, 1.807) is 18.2 Å². The summed E-state index contributed by atoms with van der Waals surface area (Å²) in [5.74, 6) is -0.254. The van der Waals surface area contributed by atoms with E-state index in [2.05, 4.69) is 10.6 Å². The molecule has 0 aliphatic carbocycles. The third-order valence-electron chi connectivity index (χ3n) is 3.04. The van der Waals surface area contributed by atoms with Gasteiger partial charge >= 0.3 is 0 Å². The van der Waals surface area contributed by atoms with Crippen molar-refractivity contribution in [1.82, 2.24) is 5.32 Å². The SMILES string of the molecule is Cc1ccc(NC(=O)CCCNC(=O)c2cccs2)c(O)c1. The molecule has 116 valence electrons. The summed E-state index contributed by atoms with van der Waals surface area (Å²) < 4.78 is 0. The molecule has 1 heterocycles. The number of hydrogen-bond donors (Lipinski definition) is 3. The molecule has 5 nitrogen and oxygen atoms in total. The van der Waals surface area contributed by atoms with Crippen LogP contribution in [-0.2, 0) is 4.79 Å². The normalized spacial score (nSPS) is 10.2. The topological polar surface area (TPSA) is 78.4 Å². The van der Waals surface area contributed by atoms with Crippen molar-refractivity contribution in [3.05, 3.63) is 46.2 Å². The van der Waals surface area contributed by atoms with E-state index in [9.17, 15) is 14.7 Å². The summed E-state index contributed by atoms with van der Waals surface area (Å²) in [6.45, 7) is 2.30. The average molecular weight is 318 g/mol. The van der Waals surface area contributed by atoms with Gasteiger partial charge in [-0.3, -0.25) is 9.59 Å². The largest absolute Gasteiger partial charge is 0.506 e. The highest BCUT2D eigenvalue weighted by molar-refractivity contribution is 7.12. The maximum Gasteiger partial charge on any atom is 0.261 e. The monoisotopic (exact) mass is 318 g/mol. The van der Waals surface area contributed by atoms with Crippen LogP contribution >= 0.6 is 11.3 Å². The van der Waals surface area contributed by atoms with Crippen molar-refractivity contribution < 1.29 is 14.7 Å². The molecule has 1 aromatic carbocycles. The first-order chi connectivity index (χ1) is 10.6. The summed E-state index contributed by atoms with van der Waals surface area (Å²) in [7, 11) is 0. The molecule has 2 rings (SSSR count). The molecule has 0 aliphatic heterocycles. The maximum absolute atomic E-state index is 11.8. The molecule has 3 N–H and O–H groups in total. The van der Waals surface area contributed by atoms with Gasteiger partial charge in [-0.05, 0) is 42.5 Å². The Labute approximate surface area is 133 Å². The van der Waals surface area contributed by atoms with Gasteiger partial charge in [0.05, 0.1) is 10.6 Å². The first-order valence-electron chi connectivity index (χ1n) is 6.97. The molecule has 0 unspecified atom stereocenters. The molecule has 0 fully saturated rings. The molecular weight excluding hydrogens is 300 g/mol. The van der Waals surface area contributed by atoms with Crippen LogP contribution in [0.5, 0.6) is 5.75 Å². The smallest absolute Gasteiger partial charge is 0.261 e. The lowest BCUT2D eigenvalue weighted by Gasteiger charge is -2.08. The Bertz CT molecular complexity index is 653. The van der Waals surface area contributed by atoms with E-state index in [1.165, 1.54) is 11.3 Å². The number of carbonyl (C=O) groups excluding carboxylic acids is 2. The van der Waals surface area contributed by atoms with Gasteiger partial charge in [0.25, 0.3) is 5.91 Å². The summed E-state index contributed by atoms with van der Waals surface area (Å²) in [6.07, 6.45) is 0.813. The predicted octanol–water partition coefficient (Wildman–Crippen LogP) is 2.91. The van der Waals surface area contributed by atoms with Gasteiger partial charge < -0.3 is 15.7 Å². The van der Waals surface area contributed by atoms with Crippen LogP contribution in [0.25, 0.3) is 0 Å². The number of phenols is 1. The Kier molecular flexibility index (Phi) is 5.55. The van der Waals surface area contributed by atoms with Crippen LogP contribution in [0.2, 0.25) is 0 Å². The van der Waals surface area contributed by atoms with E-state index in [0.29, 0.717) is 23.5 Å². The number of hydrogen-bond acceptors (Lipinski definition) is 4. The predicted molar refractivity (Wildman–Crippen MR) is 87.4 cm³/mol. The molecule has 1 aromatic heterocycles. The highest BCUT2D eigenvalue weighted by Crippen LogP contribution is 2.23. The van der Waals surface area contributed by atoms with Crippen LogP contribution in [0.15, 0.2) is 35.7 Å². The molecule has 22 heavy (non-hydrogen) atoms. The number of aryl methyl sites for hydroxylation is 1. The third-order valence-corrected chi connectivity index (χ3v) is 3.91. The number of phenolic OH excluding ortho intramolecular Hbond substituents is 1. The summed E-state index contributed by atoms with van der Waals surface area (Å²) in [5, 5.41) is 17.0. The van der Waals surface area contributed by atoms with Crippen LogP contribution in [0.3, 0.4) is 0 Å². The third kappa shape index (κ3) is 4.60. The lowest BCUT2D eigenvalue weighted by molar-refractivity contribution is -0.116. The van der Waals surface area contributed by atoms with Crippen molar-refractivity contribution in [2.45, 2.75) is 19.8 Å². The molecule has 0 spiro atoms. The lowest BCUT2D eigenvalue weighted by Crippen LogP contribution is -2.24. The molecule has 6 heteroatoms. The van der Waals surface area contributed by atoms with Crippen LogP contribution in [0.1, 0.15) is 28.1 Å². The Hall–Kier alpha value is -2.34. The number of thiophene rings is 1. The van der Waals surface area contributed by atoms with E-state index >= 15 is 0 Å². The van der Waals surface area contributed by atoms with Gasteiger partial charge in [-0.25, -0.2) is 0 Å². The minimum absolute atomic E-state index is 0.0550. The molecule has 0 radical (unpaired) electrons.